The van der Waals surface area contributed by atoms with E-state index in [1.54, 1.807) is 10.9 Å². The molecule has 2 aromatic rings. The lowest BCUT2D eigenvalue weighted by Gasteiger charge is -2.08. The summed E-state index contributed by atoms with van der Waals surface area (Å²) in [5, 5.41) is 4.04. The Hall–Kier alpha value is -2.17. The number of hydrogen-bond donors (Lipinski definition) is 0. The molecule has 4 nitrogen and oxygen atoms in total. The first-order valence-electron chi connectivity index (χ1n) is 5.55. The molecule has 0 aliphatic heterocycles. The number of nitrogens with zero attached hydrogens (tertiary/aromatic N) is 2. The average molecular weight is 248 g/mol. The van der Waals surface area contributed by atoms with Gasteiger partial charge in [-0.15, -0.1) is 0 Å². The summed E-state index contributed by atoms with van der Waals surface area (Å²) in [6.45, 7) is 0.409. The summed E-state index contributed by atoms with van der Waals surface area (Å²) in [5.41, 5.74) is 1.25. The molecule has 0 N–H and O–H groups in total. The standard InChI is InChI=1S/C13H13FN2O2/c1-16-12(4-6-15-16)5-7-18-13-3-2-11(14)8-10(13)9-17/h2-4,6,8-9H,5,7H2,1H3. The Morgan fingerprint density at radius 1 is 1.44 bits per heavy atom. The predicted molar refractivity (Wildman–Crippen MR) is 64.2 cm³/mol. The van der Waals surface area contributed by atoms with Crippen molar-refractivity contribution in [3.05, 3.63) is 47.5 Å². The predicted octanol–water partition coefficient (Wildman–Crippen LogP) is 1.99. The minimum atomic E-state index is -0.448. The van der Waals surface area contributed by atoms with Crippen LogP contribution in [0.5, 0.6) is 5.75 Å². The monoisotopic (exact) mass is 248 g/mol. The summed E-state index contributed by atoms with van der Waals surface area (Å²) in [6.07, 6.45) is 2.97. The molecule has 5 heteroatoms. The van der Waals surface area contributed by atoms with Crippen LogP contribution in [0.3, 0.4) is 0 Å². The molecule has 1 heterocycles. The zero-order valence-corrected chi connectivity index (χ0v) is 9.97. The van der Waals surface area contributed by atoms with Crippen LogP contribution in [0, 0.1) is 5.82 Å². The number of rotatable bonds is 5. The minimum absolute atomic E-state index is 0.222. The van der Waals surface area contributed by atoms with Gasteiger partial charge in [0, 0.05) is 25.4 Å². The second-order valence-corrected chi connectivity index (χ2v) is 3.84. The van der Waals surface area contributed by atoms with Crippen LogP contribution < -0.4 is 4.74 Å². The Balaban J connectivity index is 1.98. The summed E-state index contributed by atoms with van der Waals surface area (Å²) in [5.74, 6) is -0.0512. The van der Waals surface area contributed by atoms with Crippen molar-refractivity contribution in [1.82, 2.24) is 9.78 Å². The van der Waals surface area contributed by atoms with Crippen LogP contribution in [0.2, 0.25) is 0 Å². The summed E-state index contributed by atoms with van der Waals surface area (Å²) < 4.78 is 20.1. The normalized spacial score (nSPS) is 10.3. The number of ether oxygens (including phenoxy) is 1. The van der Waals surface area contributed by atoms with E-state index in [2.05, 4.69) is 5.10 Å². The number of aldehydes is 1. The fraction of sp³-hybridized carbons (Fsp3) is 0.231. The third-order valence-corrected chi connectivity index (χ3v) is 2.64. The van der Waals surface area contributed by atoms with E-state index in [0.717, 1.165) is 11.8 Å². The van der Waals surface area contributed by atoms with Crippen molar-refractivity contribution in [2.24, 2.45) is 7.05 Å². The fourth-order valence-corrected chi connectivity index (χ4v) is 1.65. The second kappa shape index (κ2) is 5.44. The quantitative estimate of drug-likeness (QED) is 0.760. The van der Waals surface area contributed by atoms with Gasteiger partial charge in [-0.25, -0.2) is 4.39 Å². The number of halogens is 1. The average Bonchev–Trinajstić information content (AvgIpc) is 2.77. The highest BCUT2D eigenvalue weighted by atomic mass is 19.1. The minimum Gasteiger partial charge on any atom is -0.492 e. The summed E-state index contributed by atoms with van der Waals surface area (Å²) in [6, 6.07) is 5.79. The van der Waals surface area contributed by atoms with Gasteiger partial charge in [-0.1, -0.05) is 0 Å². The molecule has 0 atom stereocenters. The molecule has 0 saturated carbocycles. The Labute approximate surface area is 104 Å². The van der Waals surface area contributed by atoms with Crippen molar-refractivity contribution in [3.63, 3.8) is 0 Å². The first-order valence-corrected chi connectivity index (χ1v) is 5.55. The van der Waals surface area contributed by atoms with Crippen molar-refractivity contribution in [1.29, 1.82) is 0 Å². The smallest absolute Gasteiger partial charge is 0.153 e. The van der Waals surface area contributed by atoms with Crippen molar-refractivity contribution in [2.75, 3.05) is 6.61 Å². The number of benzene rings is 1. The molecule has 0 radical (unpaired) electrons. The van der Waals surface area contributed by atoms with Crippen LogP contribution in [-0.2, 0) is 13.5 Å². The number of carbonyl (C=O) groups is 1. The van der Waals surface area contributed by atoms with Gasteiger partial charge in [-0.2, -0.15) is 5.10 Å². The number of aromatic nitrogens is 2. The molecule has 0 aliphatic carbocycles. The van der Waals surface area contributed by atoms with Gasteiger partial charge in [0.05, 0.1) is 12.2 Å². The van der Waals surface area contributed by atoms with Crippen molar-refractivity contribution >= 4 is 6.29 Å². The van der Waals surface area contributed by atoms with E-state index in [4.69, 9.17) is 4.74 Å². The lowest BCUT2D eigenvalue weighted by Crippen LogP contribution is -2.07. The van der Waals surface area contributed by atoms with E-state index in [1.165, 1.54) is 12.1 Å². The van der Waals surface area contributed by atoms with Crippen molar-refractivity contribution in [2.45, 2.75) is 6.42 Å². The molecule has 18 heavy (non-hydrogen) atoms. The van der Waals surface area contributed by atoms with Gasteiger partial charge in [0.15, 0.2) is 6.29 Å². The van der Waals surface area contributed by atoms with Crippen LogP contribution >= 0.6 is 0 Å². The van der Waals surface area contributed by atoms with E-state index in [1.807, 2.05) is 13.1 Å². The number of carbonyl (C=O) groups excluding carboxylic acids is 1. The van der Waals surface area contributed by atoms with Crippen LogP contribution in [0.4, 0.5) is 4.39 Å². The second-order valence-electron chi connectivity index (χ2n) is 3.84. The topological polar surface area (TPSA) is 44.1 Å². The molecule has 0 amide bonds. The lowest BCUT2D eigenvalue weighted by atomic mass is 10.2. The molecule has 0 saturated heterocycles. The van der Waals surface area contributed by atoms with Gasteiger partial charge >= 0.3 is 0 Å². The third-order valence-electron chi connectivity index (χ3n) is 2.64. The van der Waals surface area contributed by atoms with Gasteiger partial charge in [0.25, 0.3) is 0 Å². The maximum absolute atomic E-state index is 12.9. The SMILES string of the molecule is Cn1nccc1CCOc1ccc(F)cc1C=O. The molecular weight excluding hydrogens is 235 g/mol. The molecule has 1 aromatic heterocycles. The molecule has 1 aromatic carbocycles. The van der Waals surface area contributed by atoms with E-state index < -0.39 is 5.82 Å². The molecule has 0 fully saturated rings. The Morgan fingerprint density at radius 2 is 2.28 bits per heavy atom. The highest BCUT2D eigenvalue weighted by Crippen LogP contribution is 2.18. The van der Waals surface area contributed by atoms with Gasteiger partial charge in [-0.05, 0) is 24.3 Å². The molecule has 2 rings (SSSR count). The maximum Gasteiger partial charge on any atom is 0.153 e. The summed E-state index contributed by atoms with van der Waals surface area (Å²) in [4.78, 5) is 10.8. The van der Waals surface area contributed by atoms with E-state index >= 15 is 0 Å². The molecule has 0 spiro atoms. The van der Waals surface area contributed by atoms with E-state index in [0.29, 0.717) is 25.1 Å². The summed E-state index contributed by atoms with van der Waals surface area (Å²) >= 11 is 0. The zero-order valence-electron chi connectivity index (χ0n) is 9.97. The fourth-order valence-electron chi connectivity index (χ4n) is 1.65. The maximum atomic E-state index is 12.9. The zero-order chi connectivity index (χ0) is 13.0. The summed E-state index contributed by atoms with van der Waals surface area (Å²) in [7, 11) is 1.85. The Kier molecular flexibility index (Phi) is 3.72. The third kappa shape index (κ3) is 2.74. The highest BCUT2D eigenvalue weighted by molar-refractivity contribution is 5.79. The van der Waals surface area contributed by atoms with Crippen LogP contribution in [0.1, 0.15) is 16.1 Å². The molecule has 94 valence electrons. The van der Waals surface area contributed by atoms with Crippen LogP contribution in [0.15, 0.2) is 30.5 Å². The highest BCUT2D eigenvalue weighted by Gasteiger charge is 2.05. The van der Waals surface area contributed by atoms with Crippen molar-refractivity contribution < 1.29 is 13.9 Å². The molecular formula is C13H13FN2O2. The van der Waals surface area contributed by atoms with Crippen LogP contribution in [0.25, 0.3) is 0 Å². The van der Waals surface area contributed by atoms with Gasteiger partial charge < -0.3 is 4.74 Å². The molecule has 0 bridgehead atoms. The number of hydrogen-bond acceptors (Lipinski definition) is 3. The molecule has 0 unspecified atom stereocenters. The van der Waals surface area contributed by atoms with E-state index in [9.17, 15) is 9.18 Å². The number of aryl methyl sites for hydroxylation is 1. The van der Waals surface area contributed by atoms with Crippen LogP contribution in [-0.4, -0.2) is 22.7 Å². The Morgan fingerprint density at radius 3 is 2.94 bits per heavy atom. The van der Waals surface area contributed by atoms with Gasteiger partial charge in [0.1, 0.15) is 11.6 Å². The lowest BCUT2D eigenvalue weighted by molar-refractivity contribution is 0.111. The largest absolute Gasteiger partial charge is 0.492 e. The van der Waals surface area contributed by atoms with E-state index in [-0.39, 0.29) is 5.56 Å². The molecule has 0 aliphatic rings. The first-order chi connectivity index (χ1) is 8.70. The van der Waals surface area contributed by atoms with Gasteiger partial charge in [0.2, 0.25) is 0 Å². The van der Waals surface area contributed by atoms with Gasteiger partial charge in [-0.3, -0.25) is 9.48 Å². The Bertz CT molecular complexity index is 552. The van der Waals surface area contributed by atoms with Crippen molar-refractivity contribution in [3.8, 4) is 5.75 Å². The first kappa shape index (κ1) is 12.3.